The Hall–Kier alpha value is -2.02. The first-order chi connectivity index (χ1) is 12.7. The lowest BCUT2D eigenvalue weighted by Gasteiger charge is -2.12. The van der Waals surface area contributed by atoms with E-state index in [4.69, 9.17) is 0 Å². The predicted molar refractivity (Wildman–Crippen MR) is 97.6 cm³/mol. The van der Waals surface area contributed by atoms with Crippen LogP contribution in [0.5, 0.6) is 0 Å². The molecule has 9 heteroatoms. The van der Waals surface area contributed by atoms with E-state index in [0.29, 0.717) is 10.8 Å². The number of hydrogen-bond donors (Lipinski definition) is 1. The van der Waals surface area contributed by atoms with Gasteiger partial charge in [-0.2, -0.15) is 5.26 Å². The number of rotatable bonds is 6. The summed E-state index contributed by atoms with van der Waals surface area (Å²) < 4.78 is 18.2. The van der Waals surface area contributed by atoms with Gasteiger partial charge in [0.25, 0.3) is 0 Å². The van der Waals surface area contributed by atoms with Gasteiger partial charge in [-0.25, -0.2) is 9.37 Å². The molecule has 132 valence electrons. The van der Waals surface area contributed by atoms with Crippen LogP contribution in [-0.4, -0.2) is 31.8 Å². The first-order valence-electron chi connectivity index (χ1n) is 8.40. The predicted octanol–water partition coefficient (Wildman–Crippen LogP) is 3.51. The monoisotopic (exact) mass is 386 g/mol. The SMILES string of the molecule is N#CC1(c2nnc(-c3ncc4ccc(SNC5(CF)CC5)cn34)s2)CC1. The zero-order valence-electron chi connectivity index (χ0n) is 13.8. The van der Waals surface area contributed by atoms with Crippen LogP contribution >= 0.6 is 23.3 Å². The van der Waals surface area contributed by atoms with Crippen LogP contribution in [-0.2, 0) is 5.41 Å². The van der Waals surface area contributed by atoms with Gasteiger partial charge in [-0.15, -0.1) is 10.2 Å². The maximum Gasteiger partial charge on any atom is 0.183 e. The lowest BCUT2D eigenvalue weighted by atomic mass is 10.1. The van der Waals surface area contributed by atoms with Gasteiger partial charge in [0.15, 0.2) is 10.8 Å². The Kier molecular flexibility index (Phi) is 3.57. The summed E-state index contributed by atoms with van der Waals surface area (Å²) in [6.45, 7) is -0.341. The van der Waals surface area contributed by atoms with Crippen LogP contribution in [0.2, 0.25) is 0 Å². The standard InChI is InChI=1S/C17H15FN6S2/c18-9-17(5-6-17)23-26-12-2-1-11-7-20-13(24(11)8-12)14-21-22-15(25-14)16(10-19)3-4-16/h1-2,7-8,23H,3-6,9H2. The number of alkyl halides is 1. The van der Waals surface area contributed by atoms with Crippen molar-refractivity contribution < 1.29 is 4.39 Å². The molecule has 26 heavy (non-hydrogen) atoms. The van der Waals surface area contributed by atoms with Crippen molar-refractivity contribution in [3.63, 3.8) is 0 Å². The molecule has 6 nitrogen and oxygen atoms in total. The van der Waals surface area contributed by atoms with Crippen LogP contribution < -0.4 is 4.72 Å². The Morgan fingerprint density at radius 1 is 1.31 bits per heavy atom. The number of nitrogens with one attached hydrogen (secondary N) is 1. The van der Waals surface area contributed by atoms with E-state index in [-0.39, 0.29) is 12.2 Å². The van der Waals surface area contributed by atoms with Crippen LogP contribution in [0.1, 0.15) is 30.7 Å². The van der Waals surface area contributed by atoms with Crippen LogP contribution in [0.15, 0.2) is 29.4 Å². The van der Waals surface area contributed by atoms with E-state index in [1.807, 2.05) is 22.7 Å². The van der Waals surface area contributed by atoms with Gasteiger partial charge in [-0.3, -0.25) is 9.12 Å². The lowest BCUT2D eigenvalue weighted by molar-refractivity contribution is 0.402. The van der Waals surface area contributed by atoms with Crippen molar-refractivity contribution >= 4 is 28.8 Å². The highest BCUT2D eigenvalue weighted by atomic mass is 32.2. The highest BCUT2D eigenvalue weighted by molar-refractivity contribution is 7.97. The fourth-order valence-corrected chi connectivity index (χ4v) is 4.70. The molecule has 2 fully saturated rings. The Morgan fingerprint density at radius 2 is 2.15 bits per heavy atom. The quantitative estimate of drug-likeness (QED) is 0.653. The summed E-state index contributed by atoms with van der Waals surface area (Å²) in [6.07, 6.45) is 7.22. The normalized spacial score (nSPS) is 19.4. The molecule has 0 amide bonds. The van der Waals surface area contributed by atoms with Gasteiger partial charge in [-0.05, 0) is 49.8 Å². The third kappa shape index (κ3) is 2.60. The third-order valence-electron chi connectivity index (χ3n) is 4.98. The first kappa shape index (κ1) is 16.2. The molecule has 0 saturated heterocycles. The van der Waals surface area contributed by atoms with E-state index >= 15 is 0 Å². The summed E-state index contributed by atoms with van der Waals surface area (Å²) in [4.78, 5) is 5.47. The average molecular weight is 386 g/mol. The minimum absolute atomic E-state index is 0.341. The van der Waals surface area contributed by atoms with Gasteiger partial charge in [-0.1, -0.05) is 11.3 Å². The maximum atomic E-state index is 13.0. The molecule has 0 spiro atoms. The van der Waals surface area contributed by atoms with Crippen molar-refractivity contribution in [3.05, 3.63) is 29.5 Å². The highest BCUT2D eigenvalue weighted by Crippen LogP contribution is 2.49. The second-order valence-corrected chi connectivity index (χ2v) is 8.82. The van der Waals surface area contributed by atoms with Crippen molar-refractivity contribution in [2.75, 3.05) is 6.67 Å². The highest BCUT2D eigenvalue weighted by Gasteiger charge is 2.48. The number of fused-ring (bicyclic) bond motifs is 1. The topological polar surface area (TPSA) is 78.9 Å². The number of aromatic nitrogens is 4. The van der Waals surface area contributed by atoms with Crippen molar-refractivity contribution in [1.29, 1.82) is 5.26 Å². The molecule has 0 aromatic carbocycles. The van der Waals surface area contributed by atoms with E-state index < -0.39 is 5.41 Å². The number of nitriles is 1. The smallest absolute Gasteiger partial charge is 0.183 e. The van der Waals surface area contributed by atoms with E-state index in [0.717, 1.165) is 41.1 Å². The summed E-state index contributed by atoms with van der Waals surface area (Å²) >= 11 is 2.88. The second kappa shape index (κ2) is 5.74. The molecule has 2 saturated carbocycles. The first-order valence-corrected chi connectivity index (χ1v) is 10.0. The zero-order chi connectivity index (χ0) is 17.8. The number of pyridine rings is 1. The lowest BCUT2D eigenvalue weighted by Crippen LogP contribution is -2.27. The van der Waals surface area contributed by atoms with Gasteiger partial charge >= 0.3 is 0 Å². The van der Waals surface area contributed by atoms with E-state index in [1.165, 1.54) is 23.3 Å². The molecule has 5 rings (SSSR count). The zero-order valence-corrected chi connectivity index (χ0v) is 15.4. The Bertz CT molecular complexity index is 1030. The summed E-state index contributed by atoms with van der Waals surface area (Å²) in [6, 6.07) is 6.33. The van der Waals surface area contributed by atoms with Gasteiger partial charge in [0, 0.05) is 11.1 Å². The molecule has 2 aliphatic carbocycles. The molecule has 0 unspecified atom stereocenters. The molecule has 0 bridgehead atoms. The summed E-state index contributed by atoms with van der Waals surface area (Å²) in [7, 11) is 0. The molecule has 0 radical (unpaired) electrons. The van der Waals surface area contributed by atoms with Crippen molar-refractivity contribution in [2.24, 2.45) is 0 Å². The fourth-order valence-electron chi connectivity index (χ4n) is 2.78. The van der Waals surface area contributed by atoms with Crippen molar-refractivity contribution in [1.82, 2.24) is 24.3 Å². The average Bonchev–Trinajstić information content (AvgIpc) is 3.55. The summed E-state index contributed by atoms with van der Waals surface area (Å²) in [5.41, 5.74) is 0.175. The number of hydrogen-bond acceptors (Lipinski definition) is 7. The Morgan fingerprint density at radius 3 is 2.85 bits per heavy atom. The van der Waals surface area contributed by atoms with Gasteiger partial charge in [0.2, 0.25) is 0 Å². The Balaban J connectivity index is 1.45. The molecular formula is C17H15FN6S2. The molecule has 3 aromatic heterocycles. The van der Waals surface area contributed by atoms with Gasteiger partial charge in [0.05, 0.1) is 23.3 Å². The summed E-state index contributed by atoms with van der Waals surface area (Å²) in [5, 5.41) is 19.3. The van der Waals surface area contributed by atoms with Gasteiger partial charge in [0.1, 0.15) is 17.1 Å². The molecule has 0 aliphatic heterocycles. The molecule has 1 N–H and O–H groups in total. The summed E-state index contributed by atoms with van der Waals surface area (Å²) in [5.74, 6) is 0.714. The van der Waals surface area contributed by atoms with Crippen LogP contribution in [0.4, 0.5) is 4.39 Å². The minimum atomic E-state index is -0.432. The second-order valence-electron chi connectivity index (χ2n) is 6.97. The van der Waals surface area contributed by atoms with Crippen LogP contribution in [0, 0.1) is 11.3 Å². The minimum Gasteiger partial charge on any atom is -0.297 e. The van der Waals surface area contributed by atoms with Crippen LogP contribution in [0.3, 0.4) is 0 Å². The largest absolute Gasteiger partial charge is 0.297 e. The van der Waals surface area contributed by atoms with Crippen LogP contribution in [0.25, 0.3) is 16.3 Å². The Labute approximate surface area is 157 Å². The van der Waals surface area contributed by atoms with E-state index in [2.05, 4.69) is 26.0 Å². The molecule has 3 heterocycles. The van der Waals surface area contributed by atoms with Crippen molar-refractivity contribution in [3.8, 4) is 16.9 Å². The molecule has 3 aromatic rings. The maximum absolute atomic E-state index is 13.0. The number of imidazole rings is 1. The molecule has 2 aliphatic rings. The number of halogens is 1. The third-order valence-corrected chi connectivity index (χ3v) is 7.12. The van der Waals surface area contributed by atoms with E-state index in [1.54, 1.807) is 6.20 Å². The van der Waals surface area contributed by atoms with E-state index in [9.17, 15) is 9.65 Å². The van der Waals surface area contributed by atoms with Gasteiger partial charge < -0.3 is 0 Å². The van der Waals surface area contributed by atoms with Crippen molar-refractivity contribution in [2.45, 2.75) is 41.5 Å². The number of nitrogens with zero attached hydrogens (tertiary/aromatic N) is 5. The molecule has 0 atom stereocenters. The molecular weight excluding hydrogens is 371 g/mol. The fraction of sp³-hybridized carbons (Fsp3) is 0.412.